The van der Waals surface area contributed by atoms with Gasteiger partial charge in [-0.1, -0.05) is 31.9 Å². The lowest BCUT2D eigenvalue weighted by Crippen LogP contribution is -2.36. The van der Waals surface area contributed by atoms with Crippen LogP contribution in [-0.4, -0.2) is 23.4 Å². The van der Waals surface area contributed by atoms with E-state index in [-0.39, 0.29) is 11.9 Å². The standard InChI is InChI=1S/C15H21ClN2O/c1-4-12-9(2)8-18(10(12)3)15(19)13-6-5-11(16)7-14(13)17/h5-7,9-10,12H,4,8,17H2,1-3H3. The van der Waals surface area contributed by atoms with Crippen molar-refractivity contribution in [3.8, 4) is 0 Å². The molecule has 1 fully saturated rings. The van der Waals surface area contributed by atoms with E-state index in [0.717, 1.165) is 13.0 Å². The molecule has 1 amide bonds. The summed E-state index contributed by atoms with van der Waals surface area (Å²) in [6.07, 6.45) is 1.10. The first-order valence-electron chi connectivity index (χ1n) is 6.81. The Hall–Kier alpha value is -1.22. The first kappa shape index (κ1) is 14.2. The Morgan fingerprint density at radius 3 is 2.68 bits per heavy atom. The fourth-order valence-electron chi connectivity index (χ4n) is 3.21. The van der Waals surface area contributed by atoms with Crippen molar-refractivity contribution < 1.29 is 4.79 Å². The lowest BCUT2D eigenvalue weighted by atomic mass is 9.90. The highest BCUT2D eigenvalue weighted by Gasteiger charge is 2.38. The van der Waals surface area contributed by atoms with Crippen LogP contribution in [-0.2, 0) is 0 Å². The van der Waals surface area contributed by atoms with Gasteiger partial charge in [0.25, 0.3) is 5.91 Å². The molecule has 3 unspecified atom stereocenters. The number of carbonyl (C=O) groups is 1. The number of nitrogen functional groups attached to an aromatic ring is 1. The van der Waals surface area contributed by atoms with E-state index in [1.54, 1.807) is 18.2 Å². The summed E-state index contributed by atoms with van der Waals surface area (Å²) in [4.78, 5) is 14.5. The quantitative estimate of drug-likeness (QED) is 0.844. The van der Waals surface area contributed by atoms with Gasteiger partial charge in [-0.05, 0) is 37.0 Å². The van der Waals surface area contributed by atoms with Gasteiger partial charge in [-0.15, -0.1) is 0 Å². The summed E-state index contributed by atoms with van der Waals surface area (Å²) < 4.78 is 0. The van der Waals surface area contributed by atoms with Crippen molar-refractivity contribution in [3.05, 3.63) is 28.8 Å². The monoisotopic (exact) mass is 280 g/mol. The number of nitrogens with zero attached hydrogens (tertiary/aromatic N) is 1. The molecule has 2 N–H and O–H groups in total. The van der Waals surface area contributed by atoms with Crippen LogP contribution in [0.5, 0.6) is 0 Å². The molecule has 0 radical (unpaired) electrons. The summed E-state index contributed by atoms with van der Waals surface area (Å²) in [7, 11) is 0. The van der Waals surface area contributed by atoms with Gasteiger partial charge in [0, 0.05) is 23.3 Å². The van der Waals surface area contributed by atoms with E-state index in [1.807, 2.05) is 4.90 Å². The van der Waals surface area contributed by atoms with Crippen molar-refractivity contribution >= 4 is 23.2 Å². The van der Waals surface area contributed by atoms with Gasteiger partial charge < -0.3 is 10.6 Å². The molecule has 1 aromatic carbocycles. The van der Waals surface area contributed by atoms with Gasteiger partial charge in [-0.25, -0.2) is 0 Å². The summed E-state index contributed by atoms with van der Waals surface area (Å²) in [6, 6.07) is 5.34. The molecular weight excluding hydrogens is 260 g/mol. The van der Waals surface area contributed by atoms with E-state index in [0.29, 0.717) is 28.1 Å². The number of hydrogen-bond donors (Lipinski definition) is 1. The molecule has 1 aliphatic rings. The molecule has 1 saturated heterocycles. The Morgan fingerprint density at radius 1 is 1.47 bits per heavy atom. The van der Waals surface area contributed by atoms with Crippen LogP contribution >= 0.6 is 11.6 Å². The van der Waals surface area contributed by atoms with Crippen molar-refractivity contribution in [2.45, 2.75) is 33.2 Å². The van der Waals surface area contributed by atoms with Crippen LogP contribution in [0.1, 0.15) is 37.6 Å². The lowest BCUT2D eigenvalue weighted by molar-refractivity contribution is 0.0731. The number of halogens is 1. The summed E-state index contributed by atoms with van der Waals surface area (Å²) in [5, 5.41) is 0.559. The molecule has 1 aromatic rings. The molecule has 0 bridgehead atoms. The van der Waals surface area contributed by atoms with E-state index < -0.39 is 0 Å². The van der Waals surface area contributed by atoms with Crippen LogP contribution in [0.3, 0.4) is 0 Å². The third kappa shape index (κ3) is 2.57. The average Bonchev–Trinajstić information content (AvgIpc) is 2.63. The molecule has 0 saturated carbocycles. The molecule has 4 heteroatoms. The average molecular weight is 281 g/mol. The van der Waals surface area contributed by atoms with Crippen molar-refractivity contribution in [3.63, 3.8) is 0 Å². The molecule has 1 aliphatic heterocycles. The topological polar surface area (TPSA) is 46.3 Å². The van der Waals surface area contributed by atoms with Crippen LogP contribution < -0.4 is 5.73 Å². The fraction of sp³-hybridized carbons (Fsp3) is 0.533. The van der Waals surface area contributed by atoms with Gasteiger partial charge >= 0.3 is 0 Å². The fourth-order valence-corrected chi connectivity index (χ4v) is 3.39. The predicted octanol–water partition coefficient (Wildman–Crippen LogP) is 3.43. The zero-order valence-corrected chi connectivity index (χ0v) is 12.4. The first-order valence-corrected chi connectivity index (χ1v) is 7.19. The highest BCUT2D eigenvalue weighted by atomic mass is 35.5. The van der Waals surface area contributed by atoms with Gasteiger partial charge in [0.2, 0.25) is 0 Å². The molecule has 19 heavy (non-hydrogen) atoms. The molecule has 0 spiro atoms. The predicted molar refractivity (Wildman–Crippen MR) is 79.3 cm³/mol. The zero-order valence-electron chi connectivity index (χ0n) is 11.7. The first-order chi connectivity index (χ1) is 8.95. The third-order valence-corrected chi connectivity index (χ3v) is 4.54. The van der Waals surface area contributed by atoms with E-state index in [9.17, 15) is 4.79 Å². The molecule has 0 aliphatic carbocycles. The van der Waals surface area contributed by atoms with Gasteiger partial charge in [0.05, 0.1) is 5.56 Å². The van der Waals surface area contributed by atoms with E-state index in [4.69, 9.17) is 17.3 Å². The van der Waals surface area contributed by atoms with Crippen molar-refractivity contribution in [2.75, 3.05) is 12.3 Å². The zero-order chi connectivity index (χ0) is 14.2. The number of nitrogens with two attached hydrogens (primary N) is 1. The van der Waals surface area contributed by atoms with E-state index in [1.165, 1.54) is 0 Å². The number of likely N-dealkylation sites (tertiary alicyclic amines) is 1. The Labute approximate surface area is 119 Å². The maximum Gasteiger partial charge on any atom is 0.256 e. The van der Waals surface area contributed by atoms with Crippen molar-refractivity contribution in [1.82, 2.24) is 4.90 Å². The molecule has 0 aromatic heterocycles. The van der Waals surface area contributed by atoms with Crippen molar-refractivity contribution in [1.29, 1.82) is 0 Å². The second kappa shape index (κ2) is 5.41. The van der Waals surface area contributed by atoms with Crippen LogP contribution in [0, 0.1) is 11.8 Å². The Morgan fingerprint density at radius 2 is 2.16 bits per heavy atom. The maximum absolute atomic E-state index is 12.6. The largest absolute Gasteiger partial charge is 0.398 e. The van der Waals surface area contributed by atoms with Crippen LogP contribution in [0.2, 0.25) is 5.02 Å². The van der Waals surface area contributed by atoms with Crippen LogP contribution in [0.15, 0.2) is 18.2 Å². The highest BCUT2D eigenvalue weighted by molar-refractivity contribution is 6.31. The molecule has 3 atom stereocenters. The molecule has 3 nitrogen and oxygen atoms in total. The summed E-state index contributed by atoms with van der Waals surface area (Å²) in [5.74, 6) is 1.12. The minimum atomic E-state index is 0.0180. The smallest absolute Gasteiger partial charge is 0.256 e. The number of hydrogen-bond acceptors (Lipinski definition) is 2. The van der Waals surface area contributed by atoms with E-state index >= 15 is 0 Å². The van der Waals surface area contributed by atoms with Gasteiger partial charge in [0.15, 0.2) is 0 Å². The SMILES string of the molecule is CCC1C(C)CN(C(=O)c2ccc(Cl)cc2N)C1C. The summed E-state index contributed by atoms with van der Waals surface area (Å²) in [5.41, 5.74) is 6.92. The number of carbonyl (C=O) groups excluding carboxylic acids is 1. The molecule has 1 heterocycles. The Balaban J connectivity index is 2.25. The minimum absolute atomic E-state index is 0.0180. The maximum atomic E-state index is 12.6. The van der Waals surface area contributed by atoms with Crippen LogP contribution in [0.25, 0.3) is 0 Å². The number of amides is 1. The molecule has 104 valence electrons. The van der Waals surface area contributed by atoms with Gasteiger partial charge in [0.1, 0.15) is 0 Å². The number of anilines is 1. The second-order valence-electron chi connectivity index (χ2n) is 5.48. The van der Waals surface area contributed by atoms with Gasteiger partial charge in [-0.2, -0.15) is 0 Å². The Bertz CT molecular complexity index is 489. The Kier molecular flexibility index (Phi) is 4.04. The minimum Gasteiger partial charge on any atom is -0.398 e. The third-order valence-electron chi connectivity index (χ3n) is 4.30. The van der Waals surface area contributed by atoms with Crippen molar-refractivity contribution in [2.24, 2.45) is 11.8 Å². The number of benzene rings is 1. The van der Waals surface area contributed by atoms with E-state index in [2.05, 4.69) is 20.8 Å². The molecule has 2 rings (SSSR count). The van der Waals surface area contributed by atoms with Gasteiger partial charge in [-0.3, -0.25) is 4.79 Å². The molecular formula is C15H21ClN2O. The summed E-state index contributed by atoms with van der Waals surface area (Å²) in [6.45, 7) is 7.33. The second-order valence-corrected chi connectivity index (χ2v) is 5.92. The van der Waals surface area contributed by atoms with Crippen LogP contribution in [0.4, 0.5) is 5.69 Å². The lowest BCUT2D eigenvalue weighted by Gasteiger charge is -2.25. The summed E-state index contributed by atoms with van der Waals surface area (Å²) >= 11 is 5.87. The normalized spacial score (nSPS) is 26.7. The number of rotatable bonds is 2. The highest BCUT2D eigenvalue weighted by Crippen LogP contribution is 2.33.